The number of nitrogens with zero attached hydrogens (tertiary/aromatic N) is 3. The summed E-state index contributed by atoms with van der Waals surface area (Å²) in [5.74, 6) is -1.67. The first-order valence-corrected chi connectivity index (χ1v) is 18.3. The SMILES string of the molecule is COC(=O)c1cc(C2CC2)cnc1Nc1ccc2[nH]c(COC3CC3c3cnc(Nc4ccc5c(ccn5Cc5cc(F)cc(F)c5)c4)c(C(=O)O)c3)cc2c1. The molecule has 4 heterocycles. The Morgan fingerprint density at radius 1 is 0.857 bits per heavy atom. The van der Waals surface area contributed by atoms with Crippen LogP contribution in [0.25, 0.3) is 21.8 Å². The standard InChI is InChI=1S/C43H36F2N6O5/c1-55-43(54)36-15-27(24-2-3-24)19-46-41(36)50-31-4-6-37-26(13-31)14-33(48-37)22-56-39-18-34(39)28-16-35(42(52)53)40(47-20-28)49-32-5-7-38-25(12-32)8-9-51(38)21-23-10-29(44)17-30(45)11-23/h4-17,19-20,24,34,39,48H,2-3,18,21-22H2,1H3,(H,46,50)(H,47,49)(H,52,53). The molecule has 4 aromatic heterocycles. The predicted molar refractivity (Wildman–Crippen MR) is 207 cm³/mol. The Labute approximate surface area is 319 Å². The zero-order valence-corrected chi connectivity index (χ0v) is 30.2. The molecule has 0 spiro atoms. The number of carboxylic acid groups (broad SMARTS) is 1. The number of aromatic amines is 1. The van der Waals surface area contributed by atoms with Crippen LogP contribution >= 0.6 is 0 Å². The van der Waals surface area contributed by atoms with Gasteiger partial charge in [0.25, 0.3) is 0 Å². The van der Waals surface area contributed by atoms with E-state index in [2.05, 4.69) is 25.6 Å². The van der Waals surface area contributed by atoms with Crippen molar-refractivity contribution in [3.8, 4) is 0 Å². The van der Waals surface area contributed by atoms with Crippen molar-refractivity contribution in [2.45, 2.75) is 50.4 Å². The number of carbonyl (C=O) groups excluding carboxylic acids is 1. The Hall–Kier alpha value is -6.60. The van der Waals surface area contributed by atoms with Crippen LogP contribution in [0.15, 0.2) is 97.5 Å². The molecule has 0 bridgehead atoms. The average Bonchev–Trinajstić information content (AvgIpc) is 4.10. The summed E-state index contributed by atoms with van der Waals surface area (Å²) in [6, 6.07) is 22.3. The Morgan fingerprint density at radius 3 is 2.29 bits per heavy atom. The molecule has 4 N–H and O–H groups in total. The van der Waals surface area contributed by atoms with E-state index in [4.69, 9.17) is 9.47 Å². The van der Waals surface area contributed by atoms with Gasteiger partial charge in [0.1, 0.15) is 34.4 Å². The average molecular weight is 755 g/mol. The minimum absolute atomic E-state index is 0.0142. The highest BCUT2D eigenvalue weighted by Crippen LogP contribution is 2.45. The maximum absolute atomic E-state index is 13.7. The molecule has 2 unspecified atom stereocenters. The number of H-pyrrole nitrogens is 1. The number of anilines is 4. The summed E-state index contributed by atoms with van der Waals surface area (Å²) in [6.07, 6.45) is 8.21. The van der Waals surface area contributed by atoms with E-state index in [9.17, 15) is 23.5 Å². The summed E-state index contributed by atoms with van der Waals surface area (Å²) in [4.78, 5) is 37.3. The third-order valence-corrected chi connectivity index (χ3v) is 10.4. The van der Waals surface area contributed by atoms with Gasteiger partial charge in [0, 0.05) is 76.0 Å². The van der Waals surface area contributed by atoms with Crippen molar-refractivity contribution in [1.29, 1.82) is 0 Å². The van der Waals surface area contributed by atoms with Crippen molar-refractivity contribution in [1.82, 2.24) is 19.5 Å². The van der Waals surface area contributed by atoms with E-state index >= 15 is 0 Å². The summed E-state index contributed by atoms with van der Waals surface area (Å²) in [5.41, 5.74) is 6.90. The Kier molecular flexibility index (Phi) is 8.93. The lowest BCUT2D eigenvalue weighted by molar-refractivity contribution is 0.0600. The topological polar surface area (TPSA) is 143 Å². The molecule has 2 aliphatic carbocycles. The molecule has 0 aliphatic heterocycles. The number of carboxylic acids is 1. The van der Waals surface area contributed by atoms with Crippen molar-refractivity contribution >= 4 is 56.8 Å². The fraction of sp³-hybridized carbons (Fsp3) is 0.209. The van der Waals surface area contributed by atoms with Gasteiger partial charge in [-0.25, -0.2) is 28.3 Å². The van der Waals surface area contributed by atoms with Gasteiger partial charge >= 0.3 is 11.9 Å². The lowest BCUT2D eigenvalue weighted by Crippen LogP contribution is -2.08. The number of methoxy groups -OCH3 is 1. The monoisotopic (exact) mass is 754 g/mol. The van der Waals surface area contributed by atoms with Gasteiger partial charge < -0.3 is 34.8 Å². The highest BCUT2D eigenvalue weighted by atomic mass is 19.1. The van der Waals surface area contributed by atoms with E-state index in [1.807, 2.05) is 71.6 Å². The number of aromatic nitrogens is 4. The number of hydrogen-bond donors (Lipinski definition) is 4. The third-order valence-electron chi connectivity index (χ3n) is 10.4. The number of nitrogens with one attached hydrogen (secondary N) is 3. The van der Waals surface area contributed by atoms with Gasteiger partial charge in [-0.2, -0.15) is 0 Å². The minimum Gasteiger partial charge on any atom is -0.478 e. The Bertz CT molecular complexity index is 2650. The van der Waals surface area contributed by atoms with Gasteiger partial charge in [0.15, 0.2) is 0 Å². The highest BCUT2D eigenvalue weighted by Gasteiger charge is 2.40. The van der Waals surface area contributed by atoms with Crippen LogP contribution in [0.5, 0.6) is 0 Å². The second kappa shape index (κ2) is 14.2. The summed E-state index contributed by atoms with van der Waals surface area (Å²) in [5, 5.41) is 18.4. The van der Waals surface area contributed by atoms with Crippen LogP contribution in [0.3, 0.4) is 0 Å². The number of aromatic carboxylic acids is 1. The van der Waals surface area contributed by atoms with Crippen LogP contribution < -0.4 is 10.6 Å². The van der Waals surface area contributed by atoms with E-state index in [0.29, 0.717) is 41.7 Å². The second-order valence-corrected chi connectivity index (χ2v) is 14.4. The number of carbonyl (C=O) groups is 2. The van der Waals surface area contributed by atoms with Crippen molar-refractivity contribution in [2.75, 3.05) is 17.7 Å². The van der Waals surface area contributed by atoms with Gasteiger partial charge in [-0.1, -0.05) is 0 Å². The highest BCUT2D eigenvalue weighted by molar-refractivity contribution is 5.96. The molecule has 2 saturated carbocycles. The molecule has 2 atom stereocenters. The Balaban J connectivity index is 0.837. The number of esters is 1. The molecule has 3 aromatic carbocycles. The smallest absolute Gasteiger partial charge is 0.341 e. The van der Waals surface area contributed by atoms with Crippen molar-refractivity contribution in [3.05, 3.63) is 143 Å². The van der Waals surface area contributed by atoms with Crippen molar-refractivity contribution < 1.29 is 33.0 Å². The molecule has 9 rings (SSSR count). The van der Waals surface area contributed by atoms with E-state index in [-0.39, 0.29) is 23.4 Å². The summed E-state index contributed by atoms with van der Waals surface area (Å²) >= 11 is 0. The molecule has 7 aromatic rings. The number of ether oxygens (including phenoxy) is 2. The van der Waals surface area contributed by atoms with Crippen LogP contribution in [-0.4, -0.2) is 49.8 Å². The molecular formula is C43H36F2N6O5. The molecule has 2 aliphatic rings. The first-order valence-electron chi connectivity index (χ1n) is 18.3. The van der Waals surface area contributed by atoms with E-state index < -0.39 is 23.6 Å². The minimum atomic E-state index is -1.10. The number of rotatable bonds is 13. The molecule has 282 valence electrons. The third kappa shape index (κ3) is 7.28. The van der Waals surface area contributed by atoms with E-state index in [1.54, 1.807) is 12.3 Å². The van der Waals surface area contributed by atoms with Gasteiger partial charge in [-0.05, 0) is 115 Å². The zero-order chi connectivity index (χ0) is 38.5. The van der Waals surface area contributed by atoms with Crippen LogP contribution in [0, 0.1) is 11.6 Å². The van der Waals surface area contributed by atoms with Crippen molar-refractivity contribution in [2.24, 2.45) is 0 Å². The van der Waals surface area contributed by atoms with E-state index in [1.165, 1.54) is 19.2 Å². The number of benzene rings is 3. The molecule has 13 heteroatoms. The quantitative estimate of drug-likeness (QED) is 0.0848. The lowest BCUT2D eigenvalue weighted by atomic mass is 10.1. The van der Waals surface area contributed by atoms with Crippen LogP contribution in [0.2, 0.25) is 0 Å². The fourth-order valence-electron chi connectivity index (χ4n) is 7.27. The second-order valence-electron chi connectivity index (χ2n) is 14.4. The largest absolute Gasteiger partial charge is 0.478 e. The van der Waals surface area contributed by atoms with Crippen LogP contribution in [-0.2, 0) is 22.6 Å². The van der Waals surface area contributed by atoms with Crippen LogP contribution in [0.4, 0.5) is 31.8 Å². The number of fused-ring (bicyclic) bond motifs is 2. The fourth-order valence-corrected chi connectivity index (χ4v) is 7.27. The summed E-state index contributed by atoms with van der Waals surface area (Å²) in [6.45, 7) is 0.635. The van der Waals surface area contributed by atoms with Crippen LogP contribution in [0.1, 0.15) is 74.2 Å². The summed E-state index contributed by atoms with van der Waals surface area (Å²) in [7, 11) is 1.36. The molecular weight excluding hydrogens is 719 g/mol. The molecule has 2 fully saturated rings. The van der Waals surface area contributed by atoms with Gasteiger partial charge in [-0.15, -0.1) is 0 Å². The predicted octanol–water partition coefficient (Wildman–Crippen LogP) is 9.16. The molecule has 0 saturated heterocycles. The molecule has 0 radical (unpaired) electrons. The van der Waals surface area contributed by atoms with Gasteiger partial charge in [-0.3, -0.25) is 0 Å². The van der Waals surface area contributed by atoms with Gasteiger partial charge in [0.2, 0.25) is 0 Å². The normalized spacial score (nSPS) is 16.3. The summed E-state index contributed by atoms with van der Waals surface area (Å²) < 4.78 is 40.6. The first kappa shape index (κ1) is 35.1. The maximum Gasteiger partial charge on any atom is 0.341 e. The maximum atomic E-state index is 13.7. The zero-order valence-electron chi connectivity index (χ0n) is 30.2. The first-order chi connectivity index (χ1) is 27.2. The van der Waals surface area contributed by atoms with E-state index in [0.717, 1.165) is 69.6 Å². The number of hydrogen-bond acceptors (Lipinski definition) is 8. The Morgan fingerprint density at radius 2 is 1.55 bits per heavy atom. The number of pyridine rings is 2. The van der Waals surface area contributed by atoms with Gasteiger partial charge in [0.05, 0.1) is 19.8 Å². The molecule has 11 nitrogen and oxygen atoms in total. The lowest BCUT2D eigenvalue weighted by Gasteiger charge is -2.11. The molecule has 56 heavy (non-hydrogen) atoms. The number of halogens is 2. The molecule has 0 amide bonds. The van der Waals surface area contributed by atoms with Crippen molar-refractivity contribution in [3.63, 3.8) is 0 Å².